The number of nitriles is 1. The van der Waals surface area contributed by atoms with Gasteiger partial charge < -0.3 is 24.6 Å². The molecular formula is C32H35N5O4. The molecule has 2 heterocycles. The normalized spacial score (nSPS) is 14.0. The zero-order valence-corrected chi connectivity index (χ0v) is 23.7. The molecule has 4 aromatic rings. The largest absolute Gasteiger partial charge is 0.493 e. The number of fused-ring (bicyclic) bond motifs is 1. The second kappa shape index (κ2) is 12.9. The molecule has 0 radical (unpaired) electrons. The van der Waals surface area contributed by atoms with Gasteiger partial charge in [-0.05, 0) is 17.7 Å². The number of nitrogens with zero attached hydrogens (tertiary/aromatic N) is 4. The zero-order chi connectivity index (χ0) is 28.8. The minimum atomic E-state index is 0.193. The minimum Gasteiger partial charge on any atom is -0.493 e. The number of para-hydroxylation sites is 1. The summed E-state index contributed by atoms with van der Waals surface area (Å²) in [6.45, 7) is 5.52. The molecule has 0 atom stereocenters. The fraction of sp³-hybridized carbons (Fsp3) is 0.312. The summed E-state index contributed by atoms with van der Waals surface area (Å²) < 4.78 is 16.6. The monoisotopic (exact) mass is 553 g/mol. The Hall–Kier alpha value is -4.36. The summed E-state index contributed by atoms with van der Waals surface area (Å²) in [5.41, 5.74) is 5.25. The van der Waals surface area contributed by atoms with E-state index in [1.165, 1.54) is 0 Å². The molecule has 9 heteroatoms. The van der Waals surface area contributed by atoms with Gasteiger partial charge in [0, 0.05) is 68.0 Å². The van der Waals surface area contributed by atoms with Crippen molar-refractivity contribution in [2.24, 2.45) is 0 Å². The van der Waals surface area contributed by atoms with E-state index in [0.29, 0.717) is 39.9 Å². The predicted octanol–water partition coefficient (Wildman–Crippen LogP) is 4.65. The lowest BCUT2D eigenvalue weighted by atomic mass is 9.99. The first-order valence-corrected chi connectivity index (χ1v) is 13.6. The van der Waals surface area contributed by atoms with E-state index >= 15 is 0 Å². The summed E-state index contributed by atoms with van der Waals surface area (Å²) >= 11 is 0. The lowest BCUT2D eigenvalue weighted by Crippen LogP contribution is -2.46. The number of pyridine rings is 1. The van der Waals surface area contributed by atoms with Crippen LogP contribution in [-0.2, 0) is 6.54 Å². The first-order chi connectivity index (χ1) is 20.1. The third kappa shape index (κ3) is 6.05. The number of rotatable bonds is 10. The smallest absolute Gasteiger partial charge is 0.203 e. The van der Waals surface area contributed by atoms with Crippen molar-refractivity contribution in [2.45, 2.75) is 6.54 Å². The predicted molar refractivity (Wildman–Crippen MR) is 160 cm³/mol. The summed E-state index contributed by atoms with van der Waals surface area (Å²) in [5, 5.41) is 24.0. The molecule has 1 aliphatic rings. The quantitative estimate of drug-likeness (QED) is 0.290. The Morgan fingerprint density at radius 3 is 2.27 bits per heavy atom. The van der Waals surface area contributed by atoms with Crippen LogP contribution >= 0.6 is 0 Å². The Kier molecular flexibility index (Phi) is 8.85. The van der Waals surface area contributed by atoms with E-state index in [0.717, 1.165) is 61.3 Å². The molecule has 1 fully saturated rings. The number of benzene rings is 3. The first-order valence-electron chi connectivity index (χ1n) is 13.6. The number of aliphatic hydroxyl groups excluding tert-OH is 1. The lowest BCUT2D eigenvalue weighted by Gasteiger charge is -2.34. The van der Waals surface area contributed by atoms with Gasteiger partial charge >= 0.3 is 0 Å². The molecule has 0 spiro atoms. The van der Waals surface area contributed by atoms with Crippen LogP contribution in [0.1, 0.15) is 11.1 Å². The van der Waals surface area contributed by atoms with E-state index < -0.39 is 0 Å². The fourth-order valence-electron chi connectivity index (χ4n) is 5.34. The Morgan fingerprint density at radius 1 is 0.902 bits per heavy atom. The molecule has 41 heavy (non-hydrogen) atoms. The standard InChI is InChI=1S/C32H35N5O4/c1-39-28-18-24(19-29(40-2)32(28)41-3)34-31-25-9-4-5-10-27(25)35-30(26(31)20-33)23-8-6-7-22(17-23)21-37-13-11-36(12-14-37)15-16-38/h4-10,17-19,38H,11-16,21H2,1-3H3,(H,34,35). The van der Waals surface area contributed by atoms with E-state index in [1.807, 2.05) is 48.5 Å². The maximum Gasteiger partial charge on any atom is 0.203 e. The summed E-state index contributed by atoms with van der Waals surface area (Å²) in [5.74, 6) is 1.51. The van der Waals surface area contributed by atoms with Gasteiger partial charge in [0.05, 0.1) is 44.8 Å². The van der Waals surface area contributed by atoms with Crippen molar-refractivity contribution in [1.82, 2.24) is 14.8 Å². The lowest BCUT2D eigenvalue weighted by molar-refractivity contribution is 0.108. The zero-order valence-electron chi connectivity index (χ0n) is 23.7. The highest BCUT2D eigenvalue weighted by atomic mass is 16.5. The highest BCUT2D eigenvalue weighted by Gasteiger charge is 2.20. The van der Waals surface area contributed by atoms with Gasteiger partial charge in [0.25, 0.3) is 0 Å². The fourth-order valence-corrected chi connectivity index (χ4v) is 5.34. The van der Waals surface area contributed by atoms with Gasteiger partial charge in [-0.25, -0.2) is 4.98 Å². The number of piperazine rings is 1. The minimum absolute atomic E-state index is 0.193. The molecule has 2 N–H and O–H groups in total. The molecule has 1 aliphatic heterocycles. The maximum absolute atomic E-state index is 10.5. The number of hydrogen-bond donors (Lipinski definition) is 2. The van der Waals surface area contributed by atoms with E-state index in [1.54, 1.807) is 21.3 Å². The number of anilines is 2. The van der Waals surface area contributed by atoms with Gasteiger partial charge in [0.15, 0.2) is 11.5 Å². The van der Waals surface area contributed by atoms with Crippen LogP contribution in [0.4, 0.5) is 11.4 Å². The van der Waals surface area contributed by atoms with Crippen LogP contribution in [0, 0.1) is 11.3 Å². The van der Waals surface area contributed by atoms with E-state index in [2.05, 4.69) is 33.3 Å². The summed E-state index contributed by atoms with van der Waals surface area (Å²) in [6, 6.07) is 22.1. The van der Waals surface area contributed by atoms with Crippen LogP contribution < -0.4 is 19.5 Å². The number of nitrogens with one attached hydrogen (secondary N) is 1. The Morgan fingerprint density at radius 2 is 1.61 bits per heavy atom. The number of ether oxygens (including phenoxy) is 3. The Balaban J connectivity index is 1.53. The summed E-state index contributed by atoms with van der Waals surface area (Å²) in [4.78, 5) is 9.66. The molecule has 1 saturated heterocycles. The number of hydrogen-bond acceptors (Lipinski definition) is 9. The number of β-amino-alcohol motifs (C(OH)–C–C–N with tert-alkyl or cyclic N) is 1. The molecule has 3 aromatic carbocycles. The van der Waals surface area contributed by atoms with Crippen molar-refractivity contribution in [2.75, 3.05) is 66.0 Å². The van der Waals surface area contributed by atoms with E-state index in [9.17, 15) is 10.4 Å². The van der Waals surface area contributed by atoms with Crippen molar-refractivity contribution in [3.8, 4) is 34.6 Å². The topological polar surface area (TPSA) is 103 Å². The van der Waals surface area contributed by atoms with Crippen LogP contribution in [0.3, 0.4) is 0 Å². The van der Waals surface area contributed by atoms with E-state index in [-0.39, 0.29) is 6.61 Å². The van der Waals surface area contributed by atoms with Crippen LogP contribution in [0.15, 0.2) is 60.7 Å². The van der Waals surface area contributed by atoms with Crippen molar-refractivity contribution in [3.05, 3.63) is 71.8 Å². The van der Waals surface area contributed by atoms with Crippen molar-refractivity contribution >= 4 is 22.3 Å². The summed E-state index contributed by atoms with van der Waals surface area (Å²) in [6.07, 6.45) is 0. The molecule has 0 saturated carbocycles. The highest BCUT2D eigenvalue weighted by molar-refractivity contribution is 5.99. The first kappa shape index (κ1) is 28.2. The molecule has 0 unspecified atom stereocenters. The van der Waals surface area contributed by atoms with E-state index in [4.69, 9.17) is 19.2 Å². The van der Waals surface area contributed by atoms with Crippen LogP contribution in [-0.4, -0.2) is 80.6 Å². The molecule has 1 aromatic heterocycles. The third-order valence-electron chi connectivity index (χ3n) is 7.43. The third-order valence-corrected chi connectivity index (χ3v) is 7.43. The Bertz CT molecular complexity index is 1540. The van der Waals surface area contributed by atoms with Gasteiger partial charge in [-0.3, -0.25) is 9.80 Å². The molecule has 5 rings (SSSR count). The van der Waals surface area contributed by atoms with Gasteiger partial charge in [0.2, 0.25) is 5.75 Å². The molecule has 0 bridgehead atoms. The molecule has 0 amide bonds. The molecule has 9 nitrogen and oxygen atoms in total. The average molecular weight is 554 g/mol. The maximum atomic E-state index is 10.5. The van der Waals surface area contributed by atoms with Crippen molar-refractivity contribution in [3.63, 3.8) is 0 Å². The SMILES string of the molecule is COc1cc(Nc2c(C#N)c(-c3cccc(CN4CCN(CCO)CC4)c3)nc3ccccc23)cc(OC)c1OC. The van der Waals surface area contributed by atoms with Crippen LogP contribution in [0.5, 0.6) is 17.2 Å². The number of methoxy groups -OCH3 is 3. The van der Waals surface area contributed by atoms with Gasteiger partial charge in [0.1, 0.15) is 11.6 Å². The Labute approximate surface area is 240 Å². The molecule has 212 valence electrons. The van der Waals surface area contributed by atoms with Crippen molar-refractivity contribution < 1.29 is 19.3 Å². The second-order valence-electron chi connectivity index (χ2n) is 9.92. The molecule has 0 aliphatic carbocycles. The number of aromatic nitrogens is 1. The van der Waals surface area contributed by atoms with Crippen LogP contribution in [0.25, 0.3) is 22.2 Å². The van der Waals surface area contributed by atoms with Crippen LogP contribution in [0.2, 0.25) is 0 Å². The average Bonchev–Trinajstić information content (AvgIpc) is 3.01. The van der Waals surface area contributed by atoms with Gasteiger partial charge in [-0.1, -0.05) is 36.4 Å². The summed E-state index contributed by atoms with van der Waals surface area (Å²) in [7, 11) is 4.71. The van der Waals surface area contributed by atoms with Gasteiger partial charge in [-0.15, -0.1) is 0 Å². The van der Waals surface area contributed by atoms with Gasteiger partial charge in [-0.2, -0.15) is 5.26 Å². The second-order valence-corrected chi connectivity index (χ2v) is 9.92. The highest BCUT2D eigenvalue weighted by Crippen LogP contribution is 2.42. The van der Waals surface area contributed by atoms with Crippen molar-refractivity contribution in [1.29, 1.82) is 5.26 Å². The number of aliphatic hydroxyl groups is 1. The molecular weight excluding hydrogens is 518 g/mol.